The van der Waals surface area contributed by atoms with Gasteiger partial charge in [0, 0.05) is 10.9 Å². The molecule has 24 heavy (non-hydrogen) atoms. The molecular weight excluding hydrogens is 330 g/mol. The molecule has 6 heteroatoms. The van der Waals surface area contributed by atoms with E-state index in [1.807, 2.05) is 12.1 Å². The zero-order chi connectivity index (χ0) is 17.3. The lowest BCUT2D eigenvalue weighted by Gasteiger charge is -2.10. The minimum Gasteiger partial charge on any atom is -0.497 e. The molecule has 0 bridgehead atoms. The van der Waals surface area contributed by atoms with Crippen LogP contribution in [0.5, 0.6) is 11.5 Å². The highest BCUT2D eigenvalue weighted by molar-refractivity contribution is 6.33. The van der Waals surface area contributed by atoms with Crippen LogP contribution >= 0.6 is 11.6 Å². The van der Waals surface area contributed by atoms with Crippen LogP contribution in [0.2, 0.25) is 5.02 Å². The second-order valence-electron chi connectivity index (χ2n) is 5.09. The Labute approximate surface area is 143 Å². The number of hydrogen-bond donors (Lipinski definition) is 1. The zero-order valence-electron chi connectivity index (χ0n) is 13.0. The van der Waals surface area contributed by atoms with Crippen molar-refractivity contribution in [3.05, 3.63) is 53.1 Å². The molecule has 0 atom stereocenters. The average molecular weight is 344 g/mol. The van der Waals surface area contributed by atoms with Crippen molar-refractivity contribution in [3.63, 3.8) is 0 Å². The first-order valence-corrected chi connectivity index (χ1v) is 7.47. The molecule has 3 rings (SSSR count). The van der Waals surface area contributed by atoms with Crippen LogP contribution in [0.15, 0.2) is 42.5 Å². The lowest BCUT2D eigenvalue weighted by molar-refractivity contribution is 0.0699. The van der Waals surface area contributed by atoms with Gasteiger partial charge < -0.3 is 14.6 Å². The fourth-order valence-electron chi connectivity index (χ4n) is 2.47. The number of rotatable bonds is 4. The van der Waals surface area contributed by atoms with E-state index in [4.69, 9.17) is 21.1 Å². The highest BCUT2D eigenvalue weighted by Gasteiger charge is 2.15. The number of carboxylic acid groups (broad SMARTS) is 1. The molecule has 2 aromatic carbocycles. The molecule has 0 aliphatic rings. The van der Waals surface area contributed by atoms with E-state index < -0.39 is 5.97 Å². The Kier molecular flexibility index (Phi) is 4.27. The number of benzene rings is 2. The van der Waals surface area contributed by atoms with E-state index >= 15 is 0 Å². The van der Waals surface area contributed by atoms with Gasteiger partial charge in [0.25, 0.3) is 0 Å². The van der Waals surface area contributed by atoms with Gasteiger partial charge in [-0.2, -0.15) is 0 Å². The van der Waals surface area contributed by atoms with Gasteiger partial charge in [-0.1, -0.05) is 11.6 Å². The Morgan fingerprint density at radius 2 is 1.79 bits per heavy atom. The van der Waals surface area contributed by atoms with Crippen LogP contribution in [0.25, 0.3) is 22.2 Å². The van der Waals surface area contributed by atoms with E-state index in [1.165, 1.54) is 7.11 Å². The summed E-state index contributed by atoms with van der Waals surface area (Å²) in [4.78, 5) is 16.2. The molecule has 1 N–H and O–H groups in total. The third-order valence-corrected chi connectivity index (χ3v) is 3.99. The second kappa shape index (κ2) is 6.37. The number of nitrogens with zero attached hydrogens (tertiary/aromatic N) is 1. The van der Waals surface area contributed by atoms with E-state index in [1.54, 1.807) is 37.4 Å². The van der Waals surface area contributed by atoms with Gasteiger partial charge >= 0.3 is 5.97 Å². The van der Waals surface area contributed by atoms with E-state index in [0.717, 1.165) is 5.56 Å². The number of aromatic nitrogens is 1. The average Bonchev–Trinajstić information content (AvgIpc) is 2.60. The number of pyridine rings is 1. The Morgan fingerprint density at radius 1 is 1.08 bits per heavy atom. The summed E-state index contributed by atoms with van der Waals surface area (Å²) in [7, 11) is 3.06. The van der Waals surface area contributed by atoms with Gasteiger partial charge in [-0.25, -0.2) is 9.78 Å². The maximum atomic E-state index is 11.7. The largest absolute Gasteiger partial charge is 0.497 e. The van der Waals surface area contributed by atoms with Crippen molar-refractivity contribution in [3.8, 4) is 22.8 Å². The van der Waals surface area contributed by atoms with Crippen LogP contribution in [0.4, 0.5) is 0 Å². The molecule has 1 aromatic heterocycles. The molecule has 122 valence electrons. The van der Waals surface area contributed by atoms with Gasteiger partial charge in [-0.15, -0.1) is 0 Å². The van der Waals surface area contributed by atoms with Crippen molar-refractivity contribution in [2.75, 3.05) is 14.2 Å². The molecular formula is C18H14ClNO4. The molecule has 0 fully saturated rings. The Balaban J connectivity index is 2.24. The Bertz CT molecular complexity index is 922. The predicted molar refractivity (Wildman–Crippen MR) is 92.3 cm³/mol. The molecule has 1 heterocycles. The summed E-state index contributed by atoms with van der Waals surface area (Å²) < 4.78 is 10.3. The van der Waals surface area contributed by atoms with Crippen LogP contribution in [0.1, 0.15) is 10.4 Å². The minimum absolute atomic E-state index is 0.140. The first-order valence-electron chi connectivity index (χ1n) is 7.09. The summed E-state index contributed by atoms with van der Waals surface area (Å²) in [5.74, 6) is 0.0815. The summed E-state index contributed by atoms with van der Waals surface area (Å²) in [6, 6.07) is 12.0. The monoisotopic (exact) mass is 343 g/mol. The van der Waals surface area contributed by atoms with Crippen molar-refractivity contribution in [1.82, 2.24) is 4.98 Å². The number of ether oxygens (including phenoxy) is 2. The standard InChI is InChI=1S/C18H14ClNO4/c1-23-11-5-3-10(4-6-11)15-7-13(18(21)22)12-8-17(24-2)14(19)9-16(12)20-15/h3-9H,1-2H3,(H,21,22). The Hall–Kier alpha value is -2.79. The smallest absolute Gasteiger partial charge is 0.336 e. The van der Waals surface area contributed by atoms with Crippen molar-refractivity contribution in [2.24, 2.45) is 0 Å². The predicted octanol–water partition coefficient (Wildman–Crippen LogP) is 4.27. The van der Waals surface area contributed by atoms with Gasteiger partial charge in [0.15, 0.2) is 0 Å². The fraction of sp³-hybridized carbons (Fsp3) is 0.111. The second-order valence-corrected chi connectivity index (χ2v) is 5.50. The van der Waals surface area contributed by atoms with E-state index in [9.17, 15) is 9.90 Å². The number of hydrogen-bond acceptors (Lipinski definition) is 4. The molecule has 5 nitrogen and oxygen atoms in total. The van der Waals surface area contributed by atoms with E-state index in [0.29, 0.717) is 33.1 Å². The summed E-state index contributed by atoms with van der Waals surface area (Å²) in [5, 5.41) is 10.4. The molecule has 0 radical (unpaired) electrons. The molecule has 0 saturated carbocycles. The van der Waals surface area contributed by atoms with Gasteiger partial charge in [-0.3, -0.25) is 0 Å². The van der Waals surface area contributed by atoms with Crippen molar-refractivity contribution >= 4 is 28.5 Å². The van der Waals surface area contributed by atoms with Crippen molar-refractivity contribution in [2.45, 2.75) is 0 Å². The third-order valence-electron chi connectivity index (χ3n) is 3.70. The molecule has 0 amide bonds. The number of aromatic carboxylic acids is 1. The number of carbonyl (C=O) groups is 1. The maximum Gasteiger partial charge on any atom is 0.336 e. The zero-order valence-corrected chi connectivity index (χ0v) is 13.8. The van der Waals surface area contributed by atoms with Crippen LogP contribution in [-0.4, -0.2) is 30.3 Å². The van der Waals surface area contributed by atoms with Crippen LogP contribution in [0.3, 0.4) is 0 Å². The highest BCUT2D eigenvalue weighted by atomic mass is 35.5. The quantitative estimate of drug-likeness (QED) is 0.766. The summed E-state index contributed by atoms with van der Waals surface area (Å²) in [6.45, 7) is 0. The lowest BCUT2D eigenvalue weighted by Crippen LogP contribution is -2.01. The normalized spacial score (nSPS) is 10.6. The summed E-state index contributed by atoms with van der Waals surface area (Å²) >= 11 is 6.14. The molecule has 0 spiro atoms. The number of halogens is 1. The number of carboxylic acids is 1. The molecule has 0 aliphatic heterocycles. The van der Waals surface area contributed by atoms with Crippen LogP contribution in [0, 0.1) is 0 Å². The topological polar surface area (TPSA) is 68.7 Å². The van der Waals surface area contributed by atoms with Crippen LogP contribution in [-0.2, 0) is 0 Å². The first kappa shape index (κ1) is 16.1. The van der Waals surface area contributed by atoms with Gasteiger partial charge in [0.05, 0.1) is 36.0 Å². The van der Waals surface area contributed by atoms with Gasteiger partial charge in [-0.05, 0) is 42.5 Å². The van der Waals surface area contributed by atoms with Crippen LogP contribution < -0.4 is 9.47 Å². The van der Waals surface area contributed by atoms with Crippen molar-refractivity contribution < 1.29 is 19.4 Å². The molecule has 0 aliphatic carbocycles. The third kappa shape index (κ3) is 2.86. The van der Waals surface area contributed by atoms with Crippen molar-refractivity contribution in [1.29, 1.82) is 0 Å². The van der Waals surface area contributed by atoms with E-state index in [2.05, 4.69) is 4.98 Å². The SMILES string of the molecule is COc1ccc(-c2cc(C(=O)O)c3cc(OC)c(Cl)cc3n2)cc1. The Morgan fingerprint density at radius 3 is 2.38 bits per heavy atom. The molecule has 0 saturated heterocycles. The fourth-order valence-corrected chi connectivity index (χ4v) is 2.71. The molecule has 3 aromatic rings. The lowest BCUT2D eigenvalue weighted by atomic mass is 10.0. The number of fused-ring (bicyclic) bond motifs is 1. The minimum atomic E-state index is -1.04. The maximum absolute atomic E-state index is 11.7. The van der Waals surface area contributed by atoms with Gasteiger partial charge in [0.1, 0.15) is 11.5 Å². The van der Waals surface area contributed by atoms with Gasteiger partial charge in [0.2, 0.25) is 0 Å². The summed E-state index contributed by atoms with van der Waals surface area (Å²) in [6.07, 6.45) is 0. The van der Waals surface area contributed by atoms with E-state index in [-0.39, 0.29) is 5.56 Å². The first-order chi connectivity index (χ1) is 11.5. The number of methoxy groups -OCH3 is 2. The molecule has 0 unspecified atom stereocenters. The highest BCUT2D eigenvalue weighted by Crippen LogP contribution is 2.33. The summed E-state index contributed by atoms with van der Waals surface area (Å²) in [5.41, 5.74) is 1.96.